The fraction of sp³-hybridized carbons (Fsp3) is 0.222. The SMILES string of the molecule is CCOC(=O)NS(=O)(=O)Nc1cc(F)cc(S(N)(=O)=O)c1. The van der Waals surface area contributed by atoms with Gasteiger partial charge in [0.05, 0.1) is 17.2 Å². The third-order valence-corrected chi connectivity index (χ3v) is 3.78. The Balaban J connectivity index is 3.03. The lowest BCUT2D eigenvalue weighted by molar-refractivity contribution is 0.159. The van der Waals surface area contributed by atoms with Gasteiger partial charge < -0.3 is 4.74 Å². The van der Waals surface area contributed by atoms with Crippen LogP contribution < -0.4 is 14.6 Å². The number of rotatable bonds is 5. The average Bonchev–Trinajstić information content (AvgIpc) is 2.25. The molecule has 0 aliphatic carbocycles. The molecular formula is C9H12FN3O6S2. The molecule has 0 bridgehead atoms. The molecule has 118 valence electrons. The van der Waals surface area contributed by atoms with Crippen LogP contribution in [0.5, 0.6) is 0 Å². The number of hydrogen-bond acceptors (Lipinski definition) is 6. The number of anilines is 1. The normalized spacial score (nSPS) is 11.8. The molecule has 1 aromatic rings. The van der Waals surface area contributed by atoms with E-state index in [0.29, 0.717) is 12.1 Å². The van der Waals surface area contributed by atoms with Crippen molar-refractivity contribution in [3.8, 4) is 0 Å². The number of nitrogens with one attached hydrogen (secondary N) is 2. The minimum Gasteiger partial charge on any atom is -0.449 e. The molecule has 0 aromatic heterocycles. The molecular weight excluding hydrogens is 329 g/mol. The van der Waals surface area contributed by atoms with Crippen LogP contribution in [0.2, 0.25) is 0 Å². The minimum absolute atomic E-state index is 0.0586. The Kier molecular flexibility index (Phi) is 5.09. The van der Waals surface area contributed by atoms with Crippen LogP contribution in [0.1, 0.15) is 6.92 Å². The molecule has 21 heavy (non-hydrogen) atoms. The maximum Gasteiger partial charge on any atom is 0.422 e. The molecule has 1 aromatic carbocycles. The topological polar surface area (TPSA) is 145 Å². The lowest BCUT2D eigenvalue weighted by Gasteiger charge is -2.10. The van der Waals surface area contributed by atoms with Crippen LogP contribution in [0.15, 0.2) is 23.1 Å². The van der Waals surface area contributed by atoms with E-state index in [9.17, 15) is 26.0 Å². The van der Waals surface area contributed by atoms with E-state index in [0.717, 1.165) is 6.07 Å². The zero-order valence-corrected chi connectivity index (χ0v) is 12.3. The first-order valence-corrected chi connectivity index (χ1v) is 8.37. The molecule has 0 aliphatic heterocycles. The summed E-state index contributed by atoms with van der Waals surface area (Å²) in [5, 5.41) is 4.82. The van der Waals surface area contributed by atoms with Crippen molar-refractivity contribution in [2.75, 3.05) is 11.3 Å². The van der Waals surface area contributed by atoms with Crippen molar-refractivity contribution >= 4 is 32.0 Å². The molecule has 0 atom stereocenters. The lowest BCUT2D eigenvalue weighted by atomic mass is 10.3. The predicted molar refractivity (Wildman–Crippen MR) is 70.5 cm³/mol. The summed E-state index contributed by atoms with van der Waals surface area (Å²) in [4.78, 5) is 10.4. The summed E-state index contributed by atoms with van der Waals surface area (Å²) in [7, 11) is -8.63. The van der Waals surface area contributed by atoms with Gasteiger partial charge in [0.1, 0.15) is 5.82 Å². The van der Waals surface area contributed by atoms with Gasteiger partial charge in [-0.05, 0) is 25.1 Å². The van der Waals surface area contributed by atoms with Crippen molar-refractivity contribution in [2.45, 2.75) is 11.8 Å². The first kappa shape index (κ1) is 17.1. The van der Waals surface area contributed by atoms with Crippen LogP contribution >= 0.6 is 0 Å². The Labute approximate surface area is 120 Å². The molecule has 9 nitrogen and oxygen atoms in total. The third-order valence-electron chi connectivity index (χ3n) is 1.95. The number of nitrogens with two attached hydrogens (primary N) is 1. The molecule has 0 fully saturated rings. The second-order valence-electron chi connectivity index (χ2n) is 3.65. The van der Waals surface area contributed by atoms with Gasteiger partial charge in [-0.1, -0.05) is 0 Å². The first-order chi connectivity index (χ1) is 9.53. The smallest absolute Gasteiger partial charge is 0.422 e. The van der Waals surface area contributed by atoms with Gasteiger partial charge in [0.2, 0.25) is 10.0 Å². The number of carbonyl (C=O) groups is 1. The van der Waals surface area contributed by atoms with Crippen molar-refractivity contribution in [3.05, 3.63) is 24.0 Å². The number of sulfonamides is 1. The maximum absolute atomic E-state index is 13.2. The molecule has 0 radical (unpaired) electrons. The molecule has 1 rings (SSSR count). The van der Waals surface area contributed by atoms with Crippen LogP contribution in [0.3, 0.4) is 0 Å². The number of hydrogen-bond donors (Lipinski definition) is 3. The van der Waals surface area contributed by atoms with Gasteiger partial charge in [-0.15, -0.1) is 0 Å². The van der Waals surface area contributed by atoms with Crippen LogP contribution in [0.25, 0.3) is 0 Å². The summed E-state index contributed by atoms with van der Waals surface area (Å²) in [6, 6.07) is 2.12. The van der Waals surface area contributed by atoms with Crippen LogP contribution in [-0.4, -0.2) is 29.5 Å². The summed E-state index contributed by atoms with van der Waals surface area (Å²) in [5.74, 6) is -1.03. The van der Waals surface area contributed by atoms with Crippen LogP contribution in [0, 0.1) is 5.82 Å². The predicted octanol–water partition coefficient (Wildman–Crippen LogP) is -0.124. The number of benzene rings is 1. The lowest BCUT2D eigenvalue weighted by Crippen LogP contribution is -2.35. The van der Waals surface area contributed by atoms with Crippen molar-refractivity contribution in [3.63, 3.8) is 0 Å². The number of carbonyl (C=O) groups excluding carboxylic acids is 1. The summed E-state index contributed by atoms with van der Waals surface area (Å²) in [6.45, 7) is 1.40. The number of primary sulfonamides is 1. The Morgan fingerprint density at radius 1 is 1.29 bits per heavy atom. The fourth-order valence-corrected chi connectivity index (χ4v) is 2.56. The Hall–Kier alpha value is -1.92. The summed E-state index contributed by atoms with van der Waals surface area (Å²) in [5.41, 5.74) is -0.434. The van der Waals surface area contributed by atoms with Gasteiger partial charge in [0.25, 0.3) is 0 Å². The zero-order valence-electron chi connectivity index (χ0n) is 10.7. The van der Waals surface area contributed by atoms with E-state index in [1.807, 2.05) is 0 Å². The molecule has 0 saturated heterocycles. The van der Waals surface area contributed by atoms with Crippen LogP contribution in [0.4, 0.5) is 14.9 Å². The second-order valence-corrected chi connectivity index (χ2v) is 6.63. The summed E-state index contributed by atoms with van der Waals surface area (Å²) < 4.78 is 66.1. The van der Waals surface area contributed by atoms with Crippen molar-refractivity contribution in [1.82, 2.24) is 4.72 Å². The van der Waals surface area contributed by atoms with Crippen molar-refractivity contribution < 1.29 is 30.8 Å². The highest BCUT2D eigenvalue weighted by molar-refractivity contribution is 7.91. The Bertz CT molecular complexity index is 747. The van der Waals surface area contributed by atoms with E-state index in [1.54, 1.807) is 4.72 Å². The molecule has 4 N–H and O–H groups in total. The Morgan fingerprint density at radius 3 is 2.43 bits per heavy atom. The highest BCUT2D eigenvalue weighted by atomic mass is 32.2. The van der Waals surface area contributed by atoms with Crippen molar-refractivity contribution in [1.29, 1.82) is 0 Å². The first-order valence-electron chi connectivity index (χ1n) is 5.34. The Morgan fingerprint density at radius 2 is 1.90 bits per heavy atom. The summed E-state index contributed by atoms with van der Waals surface area (Å²) >= 11 is 0. The molecule has 0 saturated carbocycles. The molecule has 0 spiro atoms. The van der Waals surface area contributed by atoms with E-state index >= 15 is 0 Å². The zero-order chi connectivity index (χ0) is 16.3. The molecule has 0 heterocycles. The largest absolute Gasteiger partial charge is 0.449 e. The van der Waals surface area contributed by atoms with E-state index in [1.165, 1.54) is 11.6 Å². The van der Waals surface area contributed by atoms with Gasteiger partial charge >= 0.3 is 16.3 Å². The fourth-order valence-electron chi connectivity index (χ4n) is 1.24. The summed E-state index contributed by atoms with van der Waals surface area (Å²) in [6.07, 6.45) is -1.24. The number of amides is 1. The average molecular weight is 341 g/mol. The maximum atomic E-state index is 13.2. The highest BCUT2D eigenvalue weighted by Gasteiger charge is 2.17. The van der Waals surface area contributed by atoms with Gasteiger partial charge in [-0.25, -0.2) is 27.5 Å². The van der Waals surface area contributed by atoms with E-state index < -0.39 is 42.7 Å². The molecule has 0 unspecified atom stereocenters. The van der Waals surface area contributed by atoms with Crippen LogP contribution in [-0.2, 0) is 25.0 Å². The second kappa shape index (κ2) is 6.24. The van der Waals surface area contributed by atoms with Gasteiger partial charge in [0.15, 0.2) is 0 Å². The van der Waals surface area contributed by atoms with Gasteiger partial charge in [-0.3, -0.25) is 4.72 Å². The van der Waals surface area contributed by atoms with E-state index in [-0.39, 0.29) is 6.61 Å². The third kappa shape index (κ3) is 5.53. The number of ether oxygens (including phenoxy) is 1. The molecule has 0 aliphatic rings. The van der Waals surface area contributed by atoms with Gasteiger partial charge in [0, 0.05) is 0 Å². The monoisotopic (exact) mass is 341 g/mol. The highest BCUT2D eigenvalue weighted by Crippen LogP contribution is 2.18. The van der Waals surface area contributed by atoms with Crippen molar-refractivity contribution in [2.24, 2.45) is 5.14 Å². The van der Waals surface area contributed by atoms with E-state index in [4.69, 9.17) is 5.14 Å². The van der Waals surface area contributed by atoms with E-state index in [2.05, 4.69) is 4.74 Å². The van der Waals surface area contributed by atoms with Gasteiger partial charge in [-0.2, -0.15) is 8.42 Å². The molecule has 1 amide bonds. The standard InChI is InChI=1S/C9H12FN3O6S2/c1-2-19-9(14)13-21(17,18)12-7-3-6(10)4-8(5-7)20(11,15)16/h3-5,12H,2H2,1H3,(H,13,14)(H2,11,15,16). The minimum atomic E-state index is -4.41. The molecule has 12 heteroatoms. The number of halogens is 1. The quantitative estimate of drug-likeness (QED) is 0.680.